The number of nitrogens with two attached hydrogens (primary N) is 1. The lowest BCUT2D eigenvalue weighted by molar-refractivity contribution is 0.848. The van der Waals surface area contributed by atoms with Gasteiger partial charge >= 0.3 is 0 Å². The Morgan fingerprint density at radius 2 is 2.00 bits per heavy atom. The third kappa shape index (κ3) is 2.82. The first kappa shape index (κ1) is 12.2. The van der Waals surface area contributed by atoms with Gasteiger partial charge in [0.2, 0.25) is 0 Å². The van der Waals surface area contributed by atoms with Crippen molar-refractivity contribution in [2.45, 2.75) is 27.2 Å². The molecule has 0 spiro atoms. The average molecular weight is 218 g/mol. The Hall–Kier alpha value is -1.84. The van der Waals surface area contributed by atoms with Crippen LogP contribution in [0.25, 0.3) is 5.82 Å². The molecule has 0 aromatic carbocycles. The molecule has 4 heteroatoms. The number of aromatic nitrogens is 3. The second-order valence-corrected chi connectivity index (χ2v) is 3.06. The Bertz CT molecular complexity index is 417. The third-order valence-electron chi connectivity index (χ3n) is 2.06. The lowest BCUT2D eigenvalue weighted by Crippen LogP contribution is -1.99. The van der Waals surface area contributed by atoms with Crippen molar-refractivity contribution in [3.63, 3.8) is 0 Å². The highest BCUT2D eigenvalue weighted by atomic mass is 15.3. The molecule has 0 atom stereocenters. The first-order chi connectivity index (χ1) is 7.79. The predicted molar refractivity (Wildman–Crippen MR) is 66.5 cm³/mol. The number of anilines is 1. The average Bonchev–Trinajstić information content (AvgIpc) is 2.79. The first-order valence-electron chi connectivity index (χ1n) is 5.56. The second-order valence-electron chi connectivity index (χ2n) is 3.06. The van der Waals surface area contributed by atoms with E-state index in [2.05, 4.69) is 17.0 Å². The highest BCUT2D eigenvalue weighted by molar-refractivity contribution is 5.30. The minimum absolute atomic E-state index is 0.506. The van der Waals surface area contributed by atoms with Gasteiger partial charge in [-0.25, -0.2) is 9.67 Å². The van der Waals surface area contributed by atoms with Crippen LogP contribution in [0.5, 0.6) is 0 Å². The molecule has 0 aliphatic rings. The molecule has 86 valence electrons. The summed E-state index contributed by atoms with van der Waals surface area (Å²) in [5.74, 6) is 1.30. The van der Waals surface area contributed by atoms with Gasteiger partial charge in [0.05, 0.1) is 0 Å². The molecular formula is C12H18N4. The van der Waals surface area contributed by atoms with Gasteiger partial charge in [-0.2, -0.15) is 0 Å². The molecule has 0 aliphatic carbocycles. The summed E-state index contributed by atoms with van der Waals surface area (Å²) < 4.78 is 1.66. The summed E-state index contributed by atoms with van der Waals surface area (Å²) in [5.41, 5.74) is 6.73. The first-order valence-corrected chi connectivity index (χ1v) is 5.56. The number of hydrogen-bond donors (Lipinski definition) is 1. The maximum Gasteiger partial charge on any atom is 0.153 e. The van der Waals surface area contributed by atoms with E-state index in [1.54, 1.807) is 16.9 Å². The van der Waals surface area contributed by atoms with Crippen LogP contribution in [0.1, 0.15) is 26.3 Å². The van der Waals surface area contributed by atoms with Gasteiger partial charge in [-0.05, 0) is 18.1 Å². The van der Waals surface area contributed by atoms with Gasteiger partial charge in [0.15, 0.2) is 5.82 Å². The van der Waals surface area contributed by atoms with Crippen LogP contribution in [0.2, 0.25) is 0 Å². The Labute approximate surface area is 96.1 Å². The second kappa shape index (κ2) is 5.90. The predicted octanol–water partition coefficient (Wildman–Crippen LogP) is 2.44. The number of nitrogen functional groups attached to an aromatic ring is 1. The lowest BCUT2D eigenvalue weighted by Gasteiger charge is -2.00. The van der Waals surface area contributed by atoms with E-state index < -0.39 is 0 Å². The molecule has 2 aromatic rings. The molecule has 0 amide bonds. The zero-order chi connectivity index (χ0) is 12.0. The SMILES string of the molecule is CC.CCc1ccc(-n2ccc(N)n2)nc1. The highest BCUT2D eigenvalue weighted by Gasteiger charge is 1.99. The summed E-state index contributed by atoms with van der Waals surface area (Å²) in [6.07, 6.45) is 4.64. The van der Waals surface area contributed by atoms with Crippen molar-refractivity contribution in [1.29, 1.82) is 0 Å². The molecule has 4 nitrogen and oxygen atoms in total. The summed E-state index contributed by atoms with van der Waals surface area (Å²) in [6, 6.07) is 5.72. The van der Waals surface area contributed by atoms with Crippen molar-refractivity contribution in [1.82, 2.24) is 14.8 Å². The molecule has 0 fully saturated rings. The Balaban J connectivity index is 0.000000606. The summed E-state index contributed by atoms with van der Waals surface area (Å²) >= 11 is 0. The Morgan fingerprint density at radius 1 is 1.25 bits per heavy atom. The van der Waals surface area contributed by atoms with E-state index in [9.17, 15) is 0 Å². The van der Waals surface area contributed by atoms with Gasteiger partial charge in [0.25, 0.3) is 0 Å². The molecule has 0 unspecified atom stereocenters. The molecular weight excluding hydrogens is 200 g/mol. The minimum Gasteiger partial charge on any atom is -0.382 e. The van der Waals surface area contributed by atoms with Crippen molar-refractivity contribution in [3.8, 4) is 5.82 Å². The fourth-order valence-corrected chi connectivity index (χ4v) is 1.23. The van der Waals surface area contributed by atoms with Crippen LogP contribution >= 0.6 is 0 Å². The number of aryl methyl sites for hydroxylation is 1. The maximum atomic E-state index is 5.51. The smallest absolute Gasteiger partial charge is 0.153 e. The van der Waals surface area contributed by atoms with Crippen LogP contribution in [-0.4, -0.2) is 14.8 Å². The fourth-order valence-electron chi connectivity index (χ4n) is 1.23. The fraction of sp³-hybridized carbons (Fsp3) is 0.333. The van der Waals surface area contributed by atoms with Gasteiger partial charge in [-0.15, -0.1) is 5.10 Å². The Morgan fingerprint density at radius 3 is 2.44 bits per heavy atom. The Kier molecular flexibility index (Phi) is 4.51. The number of hydrogen-bond acceptors (Lipinski definition) is 3. The van der Waals surface area contributed by atoms with E-state index in [1.165, 1.54) is 5.56 Å². The minimum atomic E-state index is 0.506. The van der Waals surface area contributed by atoms with Crippen LogP contribution < -0.4 is 5.73 Å². The van der Waals surface area contributed by atoms with Crippen LogP contribution in [0, 0.1) is 0 Å². The van der Waals surface area contributed by atoms with E-state index in [0.29, 0.717) is 5.82 Å². The van der Waals surface area contributed by atoms with Crippen LogP contribution in [0.15, 0.2) is 30.6 Å². The standard InChI is InChI=1S/C10H12N4.C2H6/c1-2-8-3-4-10(12-7-8)14-6-5-9(11)13-14;1-2/h3-7H,2H2,1H3,(H2,11,13);1-2H3. The van der Waals surface area contributed by atoms with E-state index in [4.69, 9.17) is 5.73 Å². The monoisotopic (exact) mass is 218 g/mol. The van der Waals surface area contributed by atoms with Gasteiger partial charge in [0.1, 0.15) is 5.82 Å². The number of pyridine rings is 1. The van der Waals surface area contributed by atoms with Crippen molar-refractivity contribution in [3.05, 3.63) is 36.2 Å². The largest absolute Gasteiger partial charge is 0.382 e. The van der Waals surface area contributed by atoms with Crippen LogP contribution in [0.3, 0.4) is 0 Å². The van der Waals surface area contributed by atoms with Crippen molar-refractivity contribution in [2.75, 3.05) is 5.73 Å². The molecule has 0 bridgehead atoms. The molecule has 0 radical (unpaired) electrons. The molecule has 0 saturated carbocycles. The number of nitrogens with zero attached hydrogens (tertiary/aromatic N) is 3. The van der Waals surface area contributed by atoms with E-state index in [-0.39, 0.29) is 0 Å². The summed E-state index contributed by atoms with van der Waals surface area (Å²) in [5, 5.41) is 4.07. The molecule has 2 N–H and O–H groups in total. The van der Waals surface area contributed by atoms with Gasteiger partial charge < -0.3 is 5.73 Å². The van der Waals surface area contributed by atoms with Crippen LogP contribution in [0.4, 0.5) is 5.82 Å². The van der Waals surface area contributed by atoms with Crippen LogP contribution in [-0.2, 0) is 6.42 Å². The van der Waals surface area contributed by atoms with E-state index in [1.807, 2.05) is 32.2 Å². The summed E-state index contributed by atoms with van der Waals surface area (Å²) in [7, 11) is 0. The molecule has 16 heavy (non-hydrogen) atoms. The lowest BCUT2D eigenvalue weighted by atomic mass is 10.2. The zero-order valence-corrected chi connectivity index (χ0v) is 10.0. The maximum absolute atomic E-state index is 5.51. The molecule has 2 rings (SSSR count). The van der Waals surface area contributed by atoms with Crippen molar-refractivity contribution in [2.24, 2.45) is 0 Å². The topological polar surface area (TPSA) is 56.7 Å². The number of rotatable bonds is 2. The molecule has 2 heterocycles. The zero-order valence-electron chi connectivity index (χ0n) is 10.0. The van der Waals surface area contributed by atoms with E-state index >= 15 is 0 Å². The highest BCUT2D eigenvalue weighted by Crippen LogP contribution is 2.06. The van der Waals surface area contributed by atoms with Gasteiger partial charge in [-0.3, -0.25) is 0 Å². The summed E-state index contributed by atoms with van der Waals surface area (Å²) in [6.45, 7) is 6.10. The van der Waals surface area contributed by atoms with Crippen molar-refractivity contribution >= 4 is 5.82 Å². The van der Waals surface area contributed by atoms with Gasteiger partial charge in [0, 0.05) is 18.5 Å². The third-order valence-corrected chi connectivity index (χ3v) is 2.06. The normalized spacial score (nSPS) is 9.44. The molecule has 0 saturated heterocycles. The summed E-state index contributed by atoms with van der Waals surface area (Å²) in [4.78, 5) is 4.28. The molecule has 0 aliphatic heterocycles. The molecule has 2 aromatic heterocycles. The van der Waals surface area contributed by atoms with Crippen molar-refractivity contribution < 1.29 is 0 Å². The van der Waals surface area contributed by atoms with Gasteiger partial charge in [-0.1, -0.05) is 26.8 Å². The van der Waals surface area contributed by atoms with E-state index in [0.717, 1.165) is 12.2 Å². The quantitative estimate of drug-likeness (QED) is 0.842.